The molecule has 0 aromatic heterocycles. The summed E-state index contributed by atoms with van der Waals surface area (Å²) < 4.78 is 0. The SMILES string of the molecule is C=C(C)[C@H](NC(=O)[C@@H]1CCCCN1C(C)C)C(=O)N[C@H](C(=O)N1C[C@]2(C[C@H]1C(=O)N[C@@H](CCC)C(=O)C(=O)NC1CCC1)C(C)(C)C21CCC1)C(C)(C)C. The monoisotopic (exact) mass is 753 g/mol. The van der Waals surface area contributed by atoms with Crippen molar-refractivity contribution in [3.63, 3.8) is 0 Å². The summed E-state index contributed by atoms with van der Waals surface area (Å²) in [6, 6.07) is -4.17. The fourth-order valence-electron chi connectivity index (χ4n) is 10.4. The zero-order chi connectivity index (χ0) is 40.0. The molecule has 5 rings (SSSR count). The van der Waals surface area contributed by atoms with E-state index in [1.165, 1.54) is 0 Å². The van der Waals surface area contributed by atoms with Crippen LogP contribution in [0.2, 0.25) is 0 Å². The number of amides is 5. The minimum atomic E-state index is -1.05. The van der Waals surface area contributed by atoms with Gasteiger partial charge in [-0.15, -0.1) is 0 Å². The van der Waals surface area contributed by atoms with E-state index in [0.717, 1.165) is 57.9 Å². The van der Waals surface area contributed by atoms with Crippen molar-refractivity contribution < 1.29 is 28.8 Å². The minimum Gasteiger partial charge on any atom is -0.347 e. The van der Waals surface area contributed by atoms with E-state index in [4.69, 9.17) is 0 Å². The summed E-state index contributed by atoms with van der Waals surface area (Å²) in [4.78, 5) is 87.3. The third kappa shape index (κ3) is 7.49. The first-order chi connectivity index (χ1) is 25.2. The Labute approximate surface area is 323 Å². The zero-order valence-electron chi connectivity index (χ0n) is 34.5. The molecule has 0 aromatic carbocycles. The molecule has 0 radical (unpaired) electrons. The van der Waals surface area contributed by atoms with Crippen molar-refractivity contribution in [3.05, 3.63) is 12.2 Å². The zero-order valence-corrected chi connectivity index (χ0v) is 34.5. The van der Waals surface area contributed by atoms with Crippen LogP contribution in [-0.2, 0) is 28.8 Å². The van der Waals surface area contributed by atoms with E-state index in [1.54, 1.807) is 11.8 Å². The molecule has 12 heteroatoms. The fourth-order valence-corrected chi connectivity index (χ4v) is 10.4. The molecule has 3 saturated carbocycles. The van der Waals surface area contributed by atoms with E-state index in [1.807, 2.05) is 27.7 Å². The quantitative estimate of drug-likeness (QED) is 0.153. The summed E-state index contributed by atoms with van der Waals surface area (Å²) in [7, 11) is 0. The van der Waals surface area contributed by atoms with Crippen LogP contribution in [0, 0.1) is 21.7 Å². The van der Waals surface area contributed by atoms with Crippen LogP contribution in [0.5, 0.6) is 0 Å². The molecule has 54 heavy (non-hydrogen) atoms. The Morgan fingerprint density at radius 3 is 2.00 bits per heavy atom. The van der Waals surface area contributed by atoms with Crippen LogP contribution in [0.4, 0.5) is 0 Å². The molecule has 12 nitrogen and oxygen atoms in total. The average Bonchev–Trinajstić information content (AvgIpc) is 3.27. The van der Waals surface area contributed by atoms with Gasteiger partial charge < -0.3 is 26.2 Å². The fraction of sp³-hybridized carbons (Fsp3) is 0.810. The van der Waals surface area contributed by atoms with Crippen molar-refractivity contribution in [2.75, 3.05) is 13.1 Å². The van der Waals surface area contributed by atoms with E-state index in [2.05, 4.69) is 60.4 Å². The second-order valence-corrected chi connectivity index (χ2v) is 19.1. The normalized spacial score (nSPS) is 27.6. The molecule has 5 amide bonds. The number of nitrogens with one attached hydrogen (secondary N) is 4. The van der Waals surface area contributed by atoms with Crippen LogP contribution in [0.25, 0.3) is 0 Å². The Hall–Kier alpha value is -3.28. The lowest BCUT2D eigenvalue weighted by Crippen LogP contribution is -2.62. The molecule has 5 aliphatic rings. The third-order valence-electron chi connectivity index (χ3n) is 14.2. The van der Waals surface area contributed by atoms with Crippen molar-refractivity contribution >= 4 is 35.3 Å². The maximum Gasteiger partial charge on any atom is 0.289 e. The van der Waals surface area contributed by atoms with Crippen molar-refractivity contribution in [3.8, 4) is 0 Å². The van der Waals surface area contributed by atoms with Crippen LogP contribution in [0.1, 0.15) is 139 Å². The Bertz CT molecular complexity index is 1510. The highest BCUT2D eigenvalue weighted by Gasteiger charge is 2.85. The van der Waals surface area contributed by atoms with Gasteiger partial charge in [0.2, 0.25) is 29.4 Å². The lowest BCUT2D eigenvalue weighted by Gasteiger charge is -2.39. The summed E-state index contributed by atoms with van der Waals surface area (Å²) >= 11 is 0. The highest BCUT2D eigenvalue weighted by atomic mass is 16.2. The van der Waals surface area contributed by atoms with Gasteiger partial charge in [-0.1, -0.05) is 67.4 Å². The van der Waals surface area contributed by atoms with Gasteiger partial charge in [0.25, 0.3) is 5.91 Å². The molecule has 2 saturated heterocycles. The third-order valence-corrected chi connectivity index (χ3v) is 14.2. The van der Waals surface area contributed by atoms with Crippen molar-refractivity contribution in [1.29, 1.82) is 0 Å². The summed E-state index contributed by atoms with van der Waals surface area (Å²) in [6.07, 6.45) is 9.82. The Kier molecular flexibility index (Phi) is 12.2. The molecular formula is C42H68N6O6. The minimum absolute atomic E-state index is 0.0117. The molecular weight excluding hydrogens is 684 g/mol. The van der Waals surface area contributed by atoms with E-state index < -0.39 is 53.1 Å². The molecule has 2 heterocycles. The van der Waals surface area contributed by atoms with Gasteiger partial charge in [-0.2, -0.15) is 0 Å². The largest absolute Gasteiger partial charge is 0.347 e. The molecule has 6 atom stereocenters. The van der Waals surface area contributed by atoms with Crippen LogP contribution in [0.15, 0.2) is 12.2 Å². The highest BCUT2D eigenvalue weighted by Crippen LogP contribution is 2.88. The molecule has 302 valence electrons. The lowest BCUT2D eigenvalue weighted by atomic mass is 9.73. The predicted octanol–water partition coefficient (Wildman–Crippen LogP) is 4.16. The number of fused-ring (bicyclic) bond motifs is 1. The van der Waals surface area contributed by atoms with E-state index >= 15 is 0 Å². The molecule has 0 aromatic rings. The number of hydrogen-bond donors (Lipinski definition) is 4. The summed E-state index contributed by atoms with van der Waals surface area (Å²) in [5, 5.41) is 11.7. The average molecular weight is 753 g/mol. The standard InChI is InChI=1S/C42H68N6O6/c1-11-16-28(32(49)37(53)43-27-17-14-18-27)44-35(51)30-23-42(40(9,10)41(42)20-15-21-41)24-48(30)38(54)33(39(6,7)8)46-36(52)31(25(2)3)45-34(50)29-19-12-13-22-47(29)26(4)5/h26-31,33H,2,11-24H2,1,3-10H3,(H,43,53)(H,44,51)(H,45,50)(H,46,52)/t28-,29-,30-,31-,33+,42+/m0/s1. The van der Waals surface area contributed by atoms with Gasteiger partial charge in [0.1, 0.15) is 18.1 Å². The second-order valence-electron chi connectivity index (χ2n) is 19.1. The van der Waals surface area contributed by atoms with Crippen LogP contribution >= 0.6 is 0 Å². The Morgan fingerprint density at radius 2 is 1.50 bits per heavy atom. The summed E-state index contributed by atoms with van der Waals surface area (Å²) in [6.45, 7) is 23.0. The number of nitrogens with zero attached hydrogens (tertiary/aromatic N) is 2. The van der Waals surface area contributed by atoms with Gasteiger partial charge in [-0.05, 0) is 107 Å². The van der Waals surface area contributed by atoms with Crippen molar-refractivity contribution in [2.45, 2.75) is 182 Å². The summed E-state index contributed by atoms with van der Waals surface area (Å²) in [5.41, 5.74) is -0.687. The molecule has 3 aliphatic carbocycles. The Balaban J connectivity index is 1.38. The van der Waals surface area contributed by atoms with Gasteiger partial charge in [-0.3, -0.25) is 33.7 Å². The molecule has 5 fully saturated rings. The second kappa shape index (κ2) is 15.7. The predicted molar refractivity (Wildman–Crippen MR) is 208 cm³/mol. The first kappa shape index (κ1) is 41.9. The number of carbonyl (C=O) groups is 6. The number of ketones is 1. The van der Waals surface area contributed by atoms with Gasteiger partial charge in [0, 0.05) is 24.0 Å². The molecule has 2 aliphatic heterocycles. The van der Waals surface area contributed by atoms with E-state index in [-0.39, 0.29) is 46.2 Å². The van der Waals surface area contributed by atoms with Gasteiger partial charge in [0.15, 0.2) is 0 Å². The van der Waals surface area contributed by atoms with E-state index in [9.17, 15) is 28.8 Å². The van der Waals surface area contributed by atoms with Crippen LogP contribution in [0.3, 0.4) is 0 Å². The topological polar surface area (TPSA) is 157 Å². The molecule has 4 N–H and O–H groups in total. The van der Waals surface area contributed by atoms with Gasteiger partial charge in [0.05, 0.1) is 12.1 Å². The Morgan fingerprint density at radius 1 is 0.852 bits per heavy atom. The number of hydrogen-bond acceptors (Lipinski definition) is 7. The van der Waals surface area contributed by atoms with Gasteiger partial charge >= 0.3 is 0 Å². The molecule has 2 spiro atoms. The number of carbonyl (C=O) groups excluding carboxylic acids is 6. The number of piperidine rings is 1. The maximum absolute atomic E-state index is 15.0. The summed E-state index contributed by atoms with van der Waals surface area (Å²) in [5.74, 6) is -2.93. The lowest BCUT2D eigenvalue weighted by molar-refractivity contribution is -0.145. The van der Waals surface area contributed by atoms with Crippen LogP contribution in [-0.4, -0.2) is 101 Å². The van der Waals surface area contributed by atoms with Crippen LogP contribution < -0.4 is 21.3 Å². The first-order valence-corrected chi connectivity index (χ1v) is 20.7. The first-order valence-electron chi connectivity index (χ1n) is 20.7. The van der Waals surface area contributed by atoms with Crippen molar-refractivity contribution in [1.82, 2.24) is 31.1 Å². The number of Topliss-reactive ketones (excluding diaryl/α,β-unsaturated/α-hetero) is 1. The van der Waals surface area contributed by atoms with Crippen molar-refractivity contribution in [2.24, 2.45) is 21.7 Å². The highest BCUT2D eigenvalue weighted by molar-refractivity contribution is 6.38. The number of rotatable bonds is 14. The smallest absolute Gasteiger partial charge is 0.289 e. The van der Waals surface area contributed by atoms with Gasteiger partial charge in [-0.25, -0.2) is 0 Å². The maximum atomic E-state index is 15.0. The molecule has 0 unspecified atom stereocenters. The van der Waals surface area contributed by atoms with E-state index in [0.29, 0.717) is 37.8 Å². The molecule has 0 bridgehead atoms. The number of likely N-dealkylation sites (tertiary alicyclic amines) is 2.